The lowest BCUT2D eigenvalue weighted by molar-refractivity contribution is -0.121. The number of carbonyl (C=O) groups excluding carboxylic acids is 1. The third-order valence-electron chi connectivity index (χ3n) is 4.50. The fraction of sp³-hybridized carbons (Fsp3) is 0.500. The van der Waals surface area contributed by atoms with Crippen LogP contribution in [0.25, 0.3) is 11.2 Å². The molecule has 2 aromatic rings. The fourth-order valence-corrected chi connectivity index (χ4v) is 3.13. The summed E-state index contributed by atoms with van der Waals surface area (Å²) in [6.45, 7) is 6.94. The van der Waals surface area contributed by atoms with Gasteiger partial charge in [-0.05, 0) is 0 Å². The number of hydrogen-bond acceptors (Lipinski definition) is 6. The van der Waals surface area contributed by atoms with Gasteiger partial charge in [0, 0.05) is 46.8 Å². The molecule has 0 saturated carbocycles. The maximum absolute atomic E-state index is 13.0. The molecule has 0 aromatic carbocycles. The summed E-state index contributed by atoms with van der Waals surface area (Å²) in [7, 11) is 3.01. The average Bonchev–Trinajstić information content (AvgIpc) is 3.04. The number of nitrogens with zero attached hydrogens (tertiary/aromatic N) is 5. The number of carbonyl (C=O) groups is 1. The maximum atomic E-state index is 13.0. The smallest absolute Gasteiger partial charge is 0.332 e. The Morgan fingerprint density at radius 1 is 1.31 bits per heavy atom. The minimum Gasteiger partial charge on any atom is -0.358 e. The highest BCUT2D eigenvalue weighted by Gasteiger charge is 2.24. The normalized spacial score (nSPS) is 14.6. The van der Waals surface area contributed by atoms with Gasteiger partial charge in [-0.15, -0.1) is 6.58 Å². The van der Waals surface area contributed by atoms with Crippen molar-refractivity contribution in [1.82, 2.24) is 29.3 Å². The Morgan fingerprint density at radius 3 is 2.62 bits per heavy atom. The number of anilines is 1. The minimum absolute atomic E-state index is 0.296. The van der Waals surface area contributed by atoms with Crippen LogP contribution in [0, 0.1) is 0 Å². The van der Waals surface area contributed by atoms with Crippen LogP contribution in [-0.4, -0.2) is 57.8 Å². The van der Waals surface area contributed by atoms with E-state index in [1.54, 1.807) is 17.7 Å². The van der Waals surface area contributed by atoms with Gasteiger partial charge < -0.3 is 20.1 Å². The van der Waals surface area contributed by atoms with Crippen molar-refractivity contribution in [2.45, 2.75) is 13.1 Å². The summed E-state index contributed by atoms with van der Waals surface area (Å²) in [5, 5.41) is 5.71. The zero-order valence-corrected chi connectivity index (χ0v) is 15.0. The molecule has 1 fully saturated rings. The molecule has 1 saturated heterocycles. The molecular formula is C16H23N7O3. The van der Waals surface area contributed by atoms with Crippen LogP contribution in [0.15, 0.2) is 22.2 Å². The average molecular weight is 361 g/mol. The van der Waals surface area contributed by atoms with Gasteiger partial charge in [-0.2, -0.15) is 4.98 Å². The van der Waals surface area contributed by atoms with E-state index >= 15 is 0 Å². The van der Waals surface area contributed by atoms with E-state index in [2.05, 4.69) is 27.1 Å². The van der Waals surface area contributed by atoms with Gasteiger partial charge >= 0.3 is 5.69 Å². The van der Waals surface area contributed by atoms with E-state index in [1.165, 1.54) is 11.6 Å². The summed E-state index contributed by atoms with van der Waals surface area (Å²) in [4.78, 5) is 43.9. The molecular weight excluding hydrogens is 338 g/mol. The van der Waals surface area contributed by atoms with Gasteiger partial charge in [-0.1, -0.05) is 6.08 Å². The van der Waals surface area contributed by atoms with Crippen molar-refractivity contribution in [2.24, 2.45) is 7.05 Å². The molecule has 1 aliphatic rings. The summed E-state index contributed by atoms with van der Waals surface area (Å²) in [5.41, 5.74) is -0.489. The van der Waals surface area contributed by atoms with Crippen molar-refractivity contribution in [2.75, 3.05) is 38.1 Å². The number of allylic oxidation sites excluding steroid dienone is 1. The number of aryl methyl sites for hydroxylation is 1. The molecule has 2 aromatic heterocycles. The van der Waals surface area contributed by atoms with Crippen LogP contribution in [0.4, 0.5) is 5.95 Å². The molecule has 0 spiro atoms. The summed E-state index contributed by atoms with van der Waals surface area (Å²) < 4.78 is 4.00. The number of fused-ring (bicyclic) bond motifs is 1. The predicted molar refractivity (Wildman–Crippen MR) is 98.6 cm³/mol. The molecule has 1 aliphatic heterocycles. The Kier molecular flexibility index (Phi) is 4.94. The van der Waals surface area contributed by atoms with Crippen molar-refractivity contribution in [3.63, 3.8) is 0 Å². The van der Waals surface area contributed by atoms with Gasteiger partial charge in [0.25, 0.3) is 5.56 Å². The highest BCUT2D eigenvalue weighted by atomic mass is 16.2. The summed E-state index contributed by atoms with van der Waals surface area (Å²) in [6, 6.07) is 0. The van der Waals surface area contributed by atoms with Gasteiger partial charge in [0.15, 0.2) is 11.2 Å². The summed E-state index contributed by atoms with van der Waals surface area (Å²) in [6.07, 6.45) is 1.68. The van der Waals surface area contributed by atoms with E-state index in [0.29, 0.717) is 23.7 Å². The van der Waals surface area contributed by atoms with E-state index in [0.717, 1.165) is 30.7 Å². The van der Waals surface area contributed by atoms with Crippen LogP contribution in [-0.2, 0) is 24.9 Å². The van der Waals surface area contributed by atoms with Crippen LogP contribution < -0.4 is 26.8 Å². The van der Waals surface area contributed by atoms with Gasteiger partial charge in [-0.3, -0.25) is 14.2 Å². The highest BCUT2D eigenvalue weighted by molar-refractivity contribution is 5.77. The summed E-state index contributed by atoms with van der Waals surface area (Å²) in [5.74, 6) is 0.215. The van der Waals surface area contributed by atoms with Gasteiger partial charge in [0.1, 0.15) is 6.54 Å². The molecule has 2 N–H and O–H groups in total. The van der Waals surface area contributed by atoms with Crippen molar-refractivity contribution in [3.05, 3.63) is 33.5 Å². The molecule has 0 atom stereocenters. The van der Waals surface area contributed by atoms with Gasteiger partial charge in [0.05, 0.1) is 0 Å². The molecule has 1 amide bonds. The number of amides is 1. The number of nitrogens with one attached hydrogen (secondary N) is 2. The van der Waals surface area contributed by atoms with Crippen LogP contribution >= 0.6 is 0 Å². The van der Waals surface area contributed by atoms with Crippen molar-refractivity contribution < 1.29 is 4.79 Å². The Balaban J connectivity index is 2.28. The van der Waals surface area contributed by atoms with Gasteiger partial charge in [-0.25, -0.2) is 9.36 Å². The molecule has 3 rings (SSSR count). The van der Waals surface area contributed by atoms with Crippen molar-refractivity contribution in [3.8, 4) is 0 Å². The first-order chi connectivity index (χ1) is 12.5. The van der Waals surface area contributed by atoms with E-state index in [1.807, 2.05) is 0 Å². The fourth-order valence-electron chi connectivity index (χ4n) is 3.13. The maximum Gasteiger partial charge on any atom is 0.332 e. The van der Waals surface area contributed by atoms with E-state index in [9.17, 15) is 14.4 Å². The van der Waals surface area contributed by atoms with E-state index in [-0.39, 0.29) is 6.54 Å². The molecule has 140 valence electrons. The molecule has 10 nitrogen and oxygen atoms in total. The lowest BCUT2D eigenvalue weighted by atomic mass is 10.4. The van der Waals surface area contributed by atoms with Crippen LogP contribution in [0.3, 0.4) is 0 Å². The molecule has 0 aliphatic carbocycles. The third kappa shape index (κ3) is 2.92. The first-order valence-corrected chi connectivity index (χ1v) is 8.46. The summed E-state index contributed by atoms with van der Waals surface area (Å²) >= 11 is 0. The minimum atomic E-state index is -0.568. The lowest BCUT2D eigenvalue weighted by Gasteiger charge is -2.28. The van der Waals surface area contributed by atoms with Crippen molar-refractivity contribution >= 4 is 23.0 Å². The quantitative estimate of drug-likeness (QED) is 0.611. The number of piperazine rings is 1. The monoisotopic (exact) mass is 361 g/mol. The number of rotatable bonds is 5. The van der Waals surface area contributed by atoms with E-state index < -0.39 is 17.2 Å². The zero-order valence-electron chi connectivity index (χ0n) is 15.0. The largest absolute Gasteiger partial charge is 0.358 e. The lowest BCUT2D eigenvalue weighted by Crippen LogP contribution is -2.44. The standard InChI is InChI=1S/C16H23N7O3/c1-4-7-22-12-13(19-15(22)21-8-5-18-6-9-21)20(3)16(26)23(14(12)25)10-11(24)17-2/h4,18H,1,5-10H2,2-3H3,(H,17,24). The van der Waals surface area contributed by atoms with Crippen LogP contribution in [0.5, 0.6) is 0 Å². The Labute approximate surface area is 149 Å². The molecule has 3 heterocycles. The first-order valence-electron chi connectivity index (χ1n) is 8.46. The van der Waals surface area contributed by atoms with E-state index in [4.69, 9.17) is 0 Å². The molecule has 0 bridgehead atoms. The van der Waals surface area contributed by atoms with Gasteiger partial charge in [0.2, 0.25) is 11.9 Å². The van der Waals surface area contributed by atoms with Crippen LogP contribution in [0.1, 0.15) is 0 Å². The SMILES string of the molecule is C=CCn1c(N2CCNCC2)nc2c1c(=O)n(CC(=O)NC)c(=O)n2C. The number of hydrogen-bond donors (Lipinski definition) is 2. The Hall–Kier alpha value is -2.88. The number of aromatic nitrogens is 4. The second-order valence-corrected chi connectivity index (χ2v) is 6.13. The molecule has 10 heteroatoms. The zero-order chi connectivity index (χ0) is 18.8. The predicted octanol–water partition coefficient (Wildman–Crippen LogP) is -1.76. The Morgan fingerprint density at radius 2 is 2.00 bits per heavy atom. The second kappa shape index (κ2) is 7.16. The van der Waals surface area contributed by atoms with Crippen LogP contribution in [0.2, 0.25) is 0 Å². The molecule has 0 unspecified atom stereocenters. The second-order valence-electron chi connectivity index (χ2n) is 6.13. The first kappa shape index (κ1) is 17.9. The molecule has 0 radical (unpaired) electrons. The third-order valence-corrected chi connectivity index (χ3v) is 4.50. The topological polar surface area (TPSA) is 106 Å². The number of imidazole rings is 1. The van der Waals surface area contributed by atoms with Crippen molar-refractivity contribution in [1.29, 1.82) is 0 Å². The highest BCUT2D eigenvalue weighted by Crippen LogP contribution is 2.20. The molecule has 26 heavy (non-hydrogen) atoms. The Bertz CT molecular complexity index is 963. The number of likely N-dealkylation sites (N-methyl/N-ethyl adjacent to an activating group) is 1.